The summed E-state index contributed by atoms with van der Waals surface area (Å²) in [5, 5.41) is 12.6. The summed E-state index contributed by atoms with van der Waals surface area (Å²) in [5.74, 6) is 0.806. The van der Waals surface area contributed by atoms with Crippen LogP contribution in [-0.2, 0) is 13.1 Å². The first-order valence-electron chi connectivity index (χ1n) is 9.83. The first kappa shape index (κ1) is 19.3. The fourth-order valence-electron chi connectivity index (χ4n) is 3.90. The Morgan fingerprint density at radius 2 is 1.72 bits per heavy atom. The number of nitrogens with zero attached hydrogens (tertiary/aromatic N) is 4. The van der Waals surface area contributed by atoms with Crippen LogP contribution in [0.4, 0.5) is 0 Å². The quantitative estimate of drug-likeness (QED) is 0.346. The molecule has 0 aliphatic carbocycles. The van der Waals surface area contributed by atoms with E-state index in [4.69, 9.17) is 4.98 Å². The van der Waals surface area contributed by atoms with E-state index < -0.39 is 0 Å². The zero-order chi connectivity index (χ0) is 20.5. The molecule has 0 saturated heterocycles. The monoisotopic (exact) mass is 402 g/mol. The minimum absolute atomic E-state index is 0.103. The number of para-hydroxylation sites is 1. The molecular weight excluding hydrogens is 380 g/mol. The van der Waals surface area contributed by atoms with Gasteiger partial charge in [-0.2, -0.15) is 5.26 Å². The third-order valence-corrected chi connectivity index (χ3v) is 6.06. The Labute approximate surface area is 173 Å². The van der Waals surface area contributed by atoms with Crippen LogP contribution < -0.4 is 5.56 Å². The van der Waals surface area contributed by atoms with E-state index in [2.05, 4.69) is 41.8 Å². The molecule has 2 aromatic heterocycles. The Morgan fingerprint density at radius 3 is 2.41 bits per heavy atom. The topological polar surface area (TPSA) is 63.6 Å². The van der Waals surface area contributed by atoms with Crippen molar-refractivity contribution in [1.29, 1.82) is 5.26 Å². The van der Waals surface area contributed by atoms with Crippen molar-refractivity contribution < 1.29 is 0 Å². The lowest BCUT2D eigenvalue weighted by molar-refractivity contribution is 0.622. The van der Waals surface area contributed by atoms with E-state index in [-0.39, 0.29) is 11.1 Å². The van der Waals surface area contributed by atoms with Crippen molar-refractivity contribution in [2.45, 2.75) is 39.0 Å². The summed E-state index contributed by atoms with van der Waals surface area (Å²) in [4.78, 5) is 17.7. The minimum atomic E-state index is -0.271. The van der Waals surface area contributed by atoms with Gasteiger partial charge in [0, 0.05) is 40.5 Å². The summed E-state index contributed by atoms with van der Waals surface area (Å²) < 4.78 is 3.86. The van der Waals surface area contributed by atoms with E-state index in [9.17, 15) is 10.1 Å². The highest BCUT2D eigenvalue weighted by atomic mass is 32.2. The smallest absolute Gasteiger partial charge is 0.272 e. The van der Waals surface area contributed by atoms with Gasteiger partial charge in [-0.25, -0.2) is 4.98 Å². The lowest BCUT2D eigenvalue weighted by Crippen LogP contribution is -2.26. The lowest BCUT2D eigenvalue weighted by atomic mass is 10.0. The van der Waals surface area contributed by atoms with Crippen molar-refractivity contribution in [2.24, 2.45) is 0 Å². The van der Waals surface area contributed by atoms with Gasteiger partial charge in [-0.3, -0.25) is 9.36 Å². The lowest BCUT2D eigenvalue weighted by Gasteiger charge is -2.13. The third kappa shape index (κ3) is 3.02. The van der Waals surface area contributed by atoms with E-state index in [1.54, 1.807) is 4.57 Å². The molecule has 0 amide bonds. The maximum atomic E-state index is 12.9. The summed E-state index contributed by atoms with van der Waals surface area (Å²) in [6, 6.07) is 16.5. The van der Waals surface area contributed by atoms with Gasteiger partial charge in [0.15, 0.2) is 5.16 Å². The van der Waals surface area contributed by atoms with Crippen LogP contribution in [-0.4, -0.2) is 19.9 Å². The highest BCUT2D eigenvalue weighted by molar-refractivity contribution is 7.99. The molecule has 0 aliphatic rings. The van der Waals surface area contributed by atoms with Gasteiger partial charge < -0.3 is 4.57 Å². The second kappa shape index (κ2) is 7.76. The second-order valence-electron chi connectivity index (χ2n) is 6.71. The molecule has 0 fully saturated rings. The van der Waals surface area contributed by atoms with Crippen molar-refractivity contribution >= 4 is 33.6 Å². The van der Waals surface area contributed by atoms with Crippen molar-refractivity contribution in [3.05, 3.63) is 58.4 Å². The normalized spacial score (nSPS) is 11.2. The van der Waals surface area contributed by atoms with Crippen LogP contribution in [0.1, 0.15) is 26.3 Å². The number of thioether (sulfide) groups is 1. The average Bonchev–Trinajstić information content (AvgIpc) is 3.06. The number of hydrogen-bond acceptors (Lipinski definition) is 4. The molecule has 0 spiro atoms. The van der Waals surface area contributed by atoms with Crippen molar-refractivity contribution in [1.82, 2.24) is 14.1 Å². The Kier molecular flexibility index (Phi) is 5.16. The fraction of sp³-hybridized carbons (Fsp3) is 0.261. The summed E-state index contributed by atoms with van der Waals surface area (Å²) in [7, 11) is 0. The van der Waals surface area contributed by atoms with E-state index in [1.165, 1.54) is 17.3 Å². The van der Waals surface area contributed by atoms with Crippen LogP contribution in [0.5, 0.6) is 0 Å². The molecule has 0 bridgehead atoms. The molecule has 4 aromatic rings. The molecule has 0 N–H and O–H groups in total. The van der Waals surface area contributed by atoms with Gasteiger partial charge in [0.1, 0.15) is 11.6 Å². The summed E-state index contributed by atoms with van der Waals surface area (Å²) >= 11 is 1.52. The van der Waals surface area contributed by atoms with Crippen molar-refractivity contribution in [3.63, 3.8) is 0 Å². The minimum Gasteiger partial charge on any atom is -0.341 e. The molecule has 29 heavy (non-hydrogen) atoms. The number of rotatable bonds is 5. The second-order valence-corrected chi connectivity index (χ2v) is 7.94. The molecule has 146 valence electrons. The van der Waals surface area contributed by atoms with E-state index in [1.807, 2.05) is 32.0 Å². The van der Waals surface area contributed by atoms with E-state index in [0.29, 0.717) is 17.4 Å². The Morgan fingerprint density at radius 1 is 1.00 bits per heavy atom. The first-order valence-corrected chi connectivity index (χ1v) is 10.8. The maximum Gasteiger partial charge on any atom is 0.272 e. The fourth-order valence-corrected chi connectivity index (χ4v) is 4.69. The average molecular weight is 403 g/mol. The van der Waals surface area contributed by atoms with Crippen LogP contribution in [0.3, 0.4) is 0 Å². The predicted octanol–water partition coefficient (Wildman–Crippen LogP) is 5.04. The van der Waals surface area contributed by atoms with Crippen LogP contribution in [0.2, 0.25) is 0 Å². The molecule has 0 unspecified atom stereocenters. The predicted molar refractivity (Wildman–Crippen MR) is 119 cm³/mol. The van der Waals surface area contributed by atoms with Crippen molar-refractivity contribution in [3.8, 4) is 17.3 Å². The van der Waals surface area contributed by atoms with Gasteiger partial charge >= 0.3 is 0 Å². The van der Waals surface area contributed by atoms with Gasteiger partial charge in [-0.15, -0.1) is 0 Å². The Hall–Kier alpha value is -3.04. The van der Waals surface area contributed by atoms with Gasteiger partial charge in [-0.05, 0) is 37.8 Å². The molecule has 6 heteroatoms. The van der Waals surface area contributed by atoms with Crippen LogP contribution >= 0.6 is 11.8 Å². The SMILES string of the molecule is CCSc1nc(-c2ccc3c(c2)c2ccccc2n3CC)c(C#N)c(=O)n1CC. The summed E-state index contributed by atoms with van der Waals surface area (Å²) in [5.41, 5.74) is 3.41. The van der Waals surface area contributed by atoms with Crippen LogP contribution in [0.25, 0.3) is 33.1 Å². The first-order chi connectivity index (χ1) is 14.1. The standard InChI is InChI=1S/C23H22N4OS/c1-4-26-19-10-8-7-9-16(19)17-13-15(11-12-20(17)26)21-18(14-24)22(28)27(5-2)23(25-21)29-6-3/h7-13H,4-6H2,1-3H3. The summed E-state index contributed by atoms with van der Waals surface area (Å²) in [6.45, 7) is 7.42. The number of aromatic nitrogens is 3. The molecule has 4 rings (SSSR count). The number of nitriles is 1. The molecule has 2 heterocycles. The molecule has 0 radical (unpaired) electrons. The van der Waals surface area contributed by atoms with Gasteiger partial charge in [0.2, 0.25) is 0 Å². The van der Waals surface area contributed by atoms with E-state index >= 15 is 0 Å². The highest BCUT2D eigenvalue weighted by Crippen LogP contribution is 2.33. The number of hydrogen-bond donors (Lipinski definition) is 0. The molecular formula is C23H22N4OS. The van der Waals surface area contributed by atoms with Crippen molar-refractivity contribution in [2.75, 3.05) is 5.75 Å². The highest BCUT2D eigenvalue weighted by Gasteiger charge is 2.19. The molecule has 0 saturated carbocycles. The van der Waals surface area contributed by atoms with Gasteiger partial charge in [0.25, 0.3) is 5.56 Å². The zero-order valence-electron chi connectivity index (χ0n) is 16.8. The Balaban J connectivity index is 2.04. The number of aryl methyl sites for hydroxylation is 1. The van der Waals surface area contributed by atoms with Gasteiger partial charge in [-0.1, -0.05) is 43.0 Å². The number of fused-ring (bicyclic) bond motifs is 3. The van der Waals surface area contributed by atoms with Crippen LogP contribution in [0, 0.1) is 11.3 Å². The zero-order valence-corrected chi connectivity index (χ0v) is 17.6. The summed E-state index contributed by atoms with van der Waals surface area (Å²) in [6.07, 6.45) is 0. The Bertz CT molecular complexity index is 1330. The van der Waals surface area contributed by atoms with Crippen LogP contribution in [0.15, 0.2) is 52.4 Å². The van der Waals surface area contributed by atoms with Gasteiger partial charge in [0.05, 0.1) is 5.69 Å². The van der Waals surface area contributed by atoms with E-state index in [0.717, 1.165) is 34.2 Å². The largest absolute Gasteiger partial charge is 0.341 e. The molecule has 2 aromatic carbocycles. The molecule has 0 atom stereocenters. The molecule has 5 nitrogen and oxygen atoms in total. The number of benzene rings is 2. The third-order valence-electron chi connectivity index (χ3n) is 5.20. The maximum absolute atomic E-state index is 12.9. The molecule has 0 aliphatic heterocycles.